The van der Waals surface area contributed by atoms with Crippen LogP contribution in [0, 0.1) is 0 Å². The Balaban J connectivity index is 2.13. The minimum Gasteiger partial charge on any atom is -0.497 e. The number of aromatic nitrogens is 1. The molecule has 1 aromatic heterocycles. The highest BCUT2D eigenvalue weighted by Gasteiger charge is 2.04. The predicted octanol–water partition coefficient (Wildman–Crippen LogP) is 3.38. The molecule has 0 atom stereocenters. The third-order valence-electron chi connectivity index (χ3n) is 2.65. The average molecular weight is 263 g/mol. The fraction of sp³-hybridized carbons (Fsp3) is 0.214. The maximum Gasteiger partial charge on any atom is 0.131 e. The molecule has 18 heavy (non-hydrogen) atoms. The number of methoxy groups -OCH3 is 1. The third kappa shape index (κ3) is 3.14. The first kappa shape index (κ1) is 12.7. The lowest BCUT2D eigenvalue weighted by atomic mass is 10.2. The molecule has 0 spiro atoms. The Morgan fingerprint density at radius 2 is 2.00 bits per heavy atom. The minimum atomic E-state index is 0.505. The van der Waals surface area contributed by atoms with Crippen LogP contribution in [-0.4, -0.2) is 19.1 Å². The number of hydrogen-bond acceptors (Lipinski definition) is 3. The van der Waals surface area contributed by atoms with Crippen molar-refractivity contribution in [3.8, 4) is 5.75 Å². The van der Waals surface area contributed by atoms with E-state index in [1.165, 1.54) is 5.56 Å². The number of nitrogens with zero attached hydrogens (tertiary/aromatic N) is 2. The number of rotatable bonds is 4. The highest BCUT2D eigenvalue weighted by molar-refractivity contribution is 6.29. The summed E-state index contributed by atoms with van der Waals surface area (Å²) in [5.74, 6) is 1.71. The molecule has 0 bridgehead atoms. The molecule has 3 nitrogen and oxygen atoms in total. The summed E-state index contributed by atoms with van der Waals surface area (Å²) in [7, 11) is 3.65. The highest BCUT2D eigenvalue weighted by Crippen LogP contribution is 2.18. The second-order valence-corrected chi connectivity index (χ2v) is 4.41. The second-order valence-electron chi connectivity index (χ2n) is 4.03. The lowest BCUT2D eigenvalue weighted by Gasteiger charge is -2.18. The highest BCUT2D eigenvalue weighted by atomic mass is 35.5. The Kier molecular flexibility index (Phi) is 4.05. The Labute approximate surface area is 112 Å². The molecular formula is C14H15ClN2O. The molecule has 0 unspecified atom stereocenters. The van der Waals surface area contributed by atoms with E-state index in [9.17, 15) is 0 Å². The van der Waals surface area contributed by atoms with Crippen LogP contribution in [0.1, 0.15) is 5.56 Å². The topological polar surface area (TPSA) is 25.4 Å². The monoisotopic (exact) mass is 262 g/mol. The Hall–Kier alpha value is -1.74. The molecular weight excluding hydrogens is 248 g/mol. The molecule has 0 fully saturated rings. The van der Waals surface area contributed by atoms with Gasteiger partial charge >= 0.3 is 0 Å². The van der Waals surface area contributed by atoms with Crippen LogP contribution in [0.3, 0.4) is 0 Å². The normalized spacial score (nSPS) is 10.2. The molecule has 2 aromatic rings. The molecule has 0 saturated heterocycles. The van der Waals surface area contributed by atoms with Gasteiger partial charge in [0.15, 0.2) is 0 Å². The summed E-state index contributed by atoms with van der Waals surface area (Å²) >= 11 is 5.88. The van der Waals surface area contributed by atoms with E-state index in [1.807, 2.05) is 42.3 Å². The zero-order chi connectivity index (χ0) is 13.0. The lowest BCUT2D eigenvalue weighted by molar-refractivity contribution is 0.414. The van der Waals surface area contributed by atoms with Gasteiger partial charge in [-0.2, -0.15) is 0 Å². The summed E-state index contributed by atoms with van der Waals surface area (Å²) in [4.78, 5) is 6.31. The maximum atomic E-state index is 5.88. The maximum absolute atomic E-state index is 5.88. The van der Waals surface area contributed by atoms with Crippen LogP contribution < -0.4 is 9.64 Å². The molecule has 0 aliphatic rings. The van der Waals surface area contributed by atoms with Gasteiger partial charge < -0.3 is 9.64 Å². The number of hydrogen-bond donors (Lipinski definition) is 0. The van der Waals surface area contributed by atoms with Gasteiger partial charge in [-0.05, 0) is 29.8 Å². The first-order valence-corrected chi connectivity index (χ1v) is 6.03. The fourth-order valence-corrected chi connectivity index (χ4v) is 1.90. The summed E-state index contributed by atoms with van der Waals surface area (Å²) in [6.45, 7) is 0.755. The number of benzene rings is 1. The van der Waals surface area contributed by atoms with E-state index in [0.717, 1.165) is 18.1 Å². The number of halogens is 1. The molecule has 0 radical (unpaired) electrons. The van der Waals surface area contributed by atoms with Gasteiger partial charge in [0, 0.05) is 13.6 Å². The number of pyridine rings is 1. The molecule has 0 amide bonds. The summed E-state index contributed by atoms with van der Waals surface area (Å²) < 4.78 is 5.21. The standard InChI is InChI=1S/C14H15ClN2O/c1-17(14-8-4-7-13(15)16-14)10-11-5-3-6-12(9-11)18-2/h3-9H,10H2,1-2H3. The van der Waals surface area contributed by atoms with Crippen molar-refractivity contribution in [1.29, 1.82) is 0 Å². The summed E-state index contributed by atoms with van der Waals surface area (Å²) in [6, 6.07) is 13.6. The smallest absolute Gasteiger partial charge is 0.131 e. The van der Waals surface area contributed by atoms with Crippen molar-refractivity contribution in [2.75, 3.05) is 19.1 Å². The molecule has 2 rings (SSSR count). The molecule has 0 saturated carbocycles. The summed E-state index contributed by atoms with van der Waals surface area (Å²) in [6.07, 6.45) is 0. The van der Waals surface area contributed by atoms with E-state index in [4.69, 9.17) is 16.3 Å². The SMILES string of the molecule is COc1cccc(CN(C)c2cccc(Cl)n2)c1. The van der Waals surface area contributed by atoms with Crippen LogP contribution in [0.25, 0.3) is 0 Å². The van der Waals surface area contributed by atoms with Crippen molar-refractivity contribution >= 4 is 17.4 Å². The average Bonchev–Trinajstić information content (AvgIpc) is 2.39. The van der Waals surface area contributed by atoms with Crippen LogP contribution in [0.5, 0.6) is 5.75 Å². The van der Waals surface area contributed by atoms with E-state index < -0.39 is 0 Å². The van der Waals surface area contributed by atoms with E-state index in [2.05, 4.69) is 11.1 Å². The van der Waals surface area contributed by atoms with Gasteiger partial charge in [0.05, 0.1) is 7.11 Å². The molecule has 0 aliphatic heterocycles. The molecule has 1 heterocycles. The van der Waals surface area contributed by atoms with Crippen molar-refractivity contribution in [1.82, 2.24) is 4.98 Å². The van der Waals surface area contributed by atoms with Gasteiger partial charge in [0.1, 0.15) is 16.7 Å². The second kappa shape index (κ2) is 5.74. The Morgan fingerprint density at radius 1 is 1.22 bits per heavy atom. The Bertz CT molecular complexity index is 531. The zero-order valence-electron chi connectivity index (χ0n) is 10.4. The molecule has 0 N–H and O–H groups in total. The minimum absolute atomic E-state index is 0.505. The van der Waals surface area contributed by atoms with Crippen molar-refractivity contribution in [2.24, 2.45) is 0 Å². The van der Waals surface area contributed by atoms with E-state index in [-0.39, 0.29) is 0 Å². The van der Waals surface area contributed by atoms with Gasteiger partial charge in [-0.3, -0.25) is 0 Å². The largest absolute Gasteiger partial charge is 0.497 e. The van der Waals surface area contributed by atoms with Crippen LogP contribution in [-0.2, 0) is 6.54 Å². The van der Waals surface area contributed by atoms with Crippen LogP contribution in [0.2, 0.25) is 5.15 Å². The van der Waals surface area contributed by atoms with Gasteiger partial charge in [-0.25, -0.2) is 4.98 Å². The Morgan fingerprint density at radius 3 is 2.72 bits per heavy atom. The lowest BCUT2D eigenvalue weighted by Crippen LogP contribution is -2.17. The molecule has 4 heteroatoms. The number of ether oxygens (including phenoxy) is 1. The molecule has 0 aliphatic carbocycles. The van der Waals surface area contributed by atoms with Gasteiger partial charge in [0.25, 0.3) is 0 Å². The van der Waals surface area contributed by atoms with Gasteiger partial charge in [-0.1, -0.05) is 29.8 Å². The molecule has 1 aromatic carbocycles. The van der Waals surface area contributed by atoms with Crippen molar-refractivity contribution < 1.29 is 4.74 Å². The van der Waals surface area contributed by atoms with Crippen LogP contribution in [0.15, 0.2) is 42.5 Å². The van der Waals surface area contributed by atoms with E-state index >= 15 is 0 Å². The zero-order valence-corrected chi connectivity index (χ0v) is 11.2. The first-order chi connectivity index (χ1) is 8.69. The number of anilines is 1. The van der Waals surface area contributed by atoms with Crippen LogP contribution in [0.4, 0.5) is 5.82 Å². The van der Waals surface area contributed by atoms with E-state index in [0.29, 0.717) is 5.15 Å². The summed E-state index contributed by atoms with van der Waals surface area (Å²) in [5, 5.41) is 0.505. The fourth-order valence-electron chi connectivity index (χ4n) is 1.74. The predicted molar refractivity (Wildman–Crippen MR) is 74.3 cm³/mol. The van der Waals surface area contributed by atoms with Crippen molar-refractivity contribution in [3.05, 3.63) is 53.2 Å². The van der Waals surface area contributed by atoms with Crippen LogP contribution >= 0.6 is 11.6 Å². The van der Waals surface area contributed by atoms with Gasteiger partial charge in [0.2, 0.25) is 0 Å². The van der Waals surface area contributed by atoms with Gasteiger partial charge in [-0.15, -0.1) is 0 Å². The van der Waals surface area contributed by atoms with Crippen molar-refractivity contribution in [3.63, 3.8) is 0 Å². The van der Waals surface area contributed by atoms with Crippen molar-refractivity contribution in [2.45, 2.75) is 6.54 Å². The first-order valence-electron chi connectivity index (χ1n) is 5.65. The molecule has 94 valence electrons. The third-order valence-corrected chi connectivity index (χ3v) is 2.86. The quantitative estimate of drug-likeness (QED) is 0.790. The van der Waals surface area contributed by atoms with E-state index in [1.54, 1.807) is 13.2 Å². The summed E-state index contributed by atoms with van der Waals surface area (Å²) in [5.41, 5.74) is 1.17.